The van der Waals surface area contributed by atoms with Crippen molar-refractivity contribution < 1.29 is 18.9 Å². The van der Waals surface area contributed by atoms with Gasteiger partial charge in [0.25, 0.3) is 5.91 Å². The van der Waals surface area contributed by atoms with Crippen molar-refractivity contribution in [2.24, 2.45) is 0 Å². The molecule has 0 aliphatic carbocycles. The highest BCUT2D eigenvalue weighted by atomic mass is 16.5. The van der Waals surface area contributed by atoms with Crippen molar-refractivity contribution in [2.45, 2.75) is 25.9 Å². The van der Waals surface area contributed by atoms with Gasteiger partial charge in [0.2, 0.25) is 11.8 Å². The Morgan fingerprint density at radius 2 is 1.75 bits per heavy atom. The first kappa shape index (κ1) is 21.3. The van der Waals surface area contributed by atoms with Crippen LogP contribution < -0.4 is 10.6 Å². The molecule has 1 aliphatic heterocycles. The summed E-state index contributed by atoms with van der Waals surface area (Å²) in [6, 6.07) is 18.6. The van der Waals surface area contributed by atoms with E-state index in [0.717, 1.165) is 29.7 Å². The number of amides is 3. The molecule has 2 aromatic carbocycles. The van der Waals surface area contributed by atoms with Gasteiger partial charge >= 0.3 is 0 Å². The zero-order valence-electron chi connectivity index (χ0n) is 17.5. The van der Waals surface area contributed by atoms with Crippen LogP contribution >= 0.6 is 0 Å². The third-order valence-corrected chi connectivity index (χ3v) is 5.34. The molecule has 0 spiro atoms. The summed E-state index contributed by atoms with van der Waals surface area (Å²) < 4.78 is 5.22. The average Bonchev–Trinajstić information content (AvgIpc) is 3.47. The van der Waals surface area contributed by atoms with Crippen LogP contribution in [-0.4, -0.2) is 40.9 Å². The molecule has 2 heterocycles. The first-order valence-electron chi connectivity index (χ1n) is 10.5. The maximum absolute atomic E-state index is 12.3. The van der Waals surface area contributed by atoms with E-state index in [4.69, 9.17) is 4.52 Å². The number of carbonyl (C=O) groups excluding carboxylic acids is 3. The zero-order valence-corrected chi connectivity index (χ0v) is 17.5. The summed E-state index contributed by atoms with van der Waals surface area (Å²) in [7, 11) is 0. The Morgan fingerprint density at radius 3 is 2.50 bits per heavy atom. The fourth-order valence-corrected chi connectivity index (χ4v) is 3.59. The van der Waals surface area contributed by atoms with E-state index in [1.54, 1.807) is 6.07 Å². The number of carbonyl (C=O) groups is 3. The monoisotopic (exact) mass is 432 g/mol. The van der Waals surface area contributed by atoms with Crippen LogP contribution in [0.1, 0.15) is 34.5 Å². The van der Waals surface area contributed by atoms with Crippen LogP contribution in [0.4, 0.5) is 0 Å². The summed E-state index contributed by atoms with van der Waals surface area (Å²) in [5.74, 6) is -0.167. The van der Waals surface area contributed by atoms with Gasteiger partial charge in [0.05, 0.1) is 6.54 Å². The molecule has 1 aliphatic rings. The van der Waals surface area contributed by atoms with Crippen molar-refractivity contribution in [1.29, 1.82) is 0 Å². The molecule has 4 rings (SSSR count). The van der Waals surface area contributed by atoms with E-state index in [0.29, 0.717) is 25.3 Å². The van der Waals surface area contributed by atoms with Gasteiger partial charge in [0.1, 0.15) is 0 Å². The third-order valence-electron chi connectivity index (χ3n) is 5.34. The zero-order chi connectivity index (χ0) is 22.3. The van der Waals surface area contributed by atoms with E-state index in [1.807, 2.05) is 59.5 Å². The molecular formula is C24H24N4O4. The van der Waals surface area contributed by atoms with Gasteiger partial charge in [-0.25, -0.2) is 0 Å². The van der Waals surface area contributed by atoms with Crippen LogP contribution in [0.5, 0.6) is 0 Å². The Bertz CT molecular complexity index is 1110. The lowest BCUT2D eigenvalue weighted by atomic mass is 10.1. The van der Waals surface area contributed by atoms with Crippen LogP contribution in [0.2, 0.25) is 0 Å². The topological polar surface area (TPSA) is 105 Å². The number of hydrogen-bond acceptors (Lipinski definition) is 5. The Kier molecular flexibility index (Phi) is 6.60. The summed E-state index contributed by atoms with van der Waals surface area (Å²) in [6.45, 7) is 1.44. The summed E-state index contributed by atoms with van der Waals surface area (Å²) in [4.78, 5) is 38.3. The van der Waals surface area contributed by atoms with Gasteiger partial charge in [-0.15, -0.1) is 0 Å². The van der Waals surface area contributed by atoms with Crippen LogP contribution in [0.15, 0.2) is 65.2 Å². The normalized spacial score (nSPS) is 13.2. The summed E-state index contributed by atoms with van der Waals surface area (Å²) in [5, 5.41) is 9.14. The van der Waals surface area contributed by atoms with Crippen LogP contribution in [0, 0.1) is 0 Å². The van der Waals surface area contributed by atoms with Gasteiger partial charge in [-0.3, -0.25) is 14.4 Å². The van der Waals surface area contributed by atoms with E-state index < -0.39 is 5.91 Å². The molecule has 2 N–H and O–H groups in total. The lowest BCUT2D eigenvalue weighted by molar-refractivity contribution is -0.128. The molecule has 32 heavy (non-hydrogen) atoms. The summed E-state index contributed by atoms with van der Waals surface area (Å²) >= 11 is 0. The van der Waals surface area contributed by atoms with Crippen molar-refractivity contribution in [1.82, 2.24) is 20.7 Å². The molecule has 8 heteroatoms. The minimum Gasteiger partial charge on any atom is -0.355 e. The quantitative estimate of drug-likeness (QED) is 0.569. The average molecular weight is 432 g/mol. The molecule has 1 saturated heterocycles. The molecular weight excluding hydrogens is 408 g/mol. The molecule has 0 radical (unpaired) electrons. The molecule has 1 aromatic heterocycles. The SMILES string of the molecule is O=C(CNC(=O)c1cc(-c2ccccc2)on1)NCc1ccccc1CN1CCCC1=O. The van der Waals surface area contributed by atoms with E-state index in [9.17, 15) is 14.4 Å². The second-order valence-electron chi connectivity index (χ2n) is 7.59. The number of benzene rings is 2. The van der Waals surface area contributed by atoms with Gasteiger partial charge in [-0.2, -0.15) is 0 Å². The highest BCUT2D eigenvalue weighted by Crippen LogP contribution is 2.20. The fraction of sp³-hybridized carbons (Fsp3) is 0.250. The minimum atomic E-state index is -0.487. The number of nitrogens with zero attached hydrogens (tertiary/aromatic N) is 2. The van der Waals surface area contributed by atoms with Gasteiger partial charge in [-0.1, -0.05) is 59.8 Å². The van der Waals surface area contributed by atoms with E-state index in [1.165, 1.54) is 0 Å². The Labute approximate surface area is 185 Å². The first-order chi connectivity index (χ1) is 15.6. The van der Waals surface area contributed by atoms with Gasteiger partial charge in [-0.05, 0) is 17.5 Å². The molecule has 3 amide bonds. The largest absolute Gasteiger partial charge is 0.355 e. The van der Waals surface area contributed by atoms with Crippen molar-refractivity contribution in [3.05, 3.63) is 77.5 Å². The van der Waals surface area contributed by atoms with Crippen molar-refractivity contribution in [3.63, 3.8) is 0 Å². The van der Waals surface area contributed by atoms with E-state index in [-0.39, 0.29) is 24.1 Å². The van der Waals surface area contributed by atoms with Crippen molar-refractivity contribution >= 4 is 17.7 Å². The number of hydrogen-bond donors (Lipinski definition) is 2. The standard InChI is InChI=1S/C24H24N4O4/c29-22(15-26-24(31)20-13-21(32-27-20)17-7-2-1-3-8-17)25-14-18-9-4-5-10-19(18)16-28-12-6-11-23(28)30/h1-5,7-10,13H,6,11-12,14-16H2,(H,25,29)(H,26,31). The lowest BCUT2D eigenvalue weighted by Crippen LogP contribution is -2.37. The highest BCUT2D eigenvalue weighted by Gasteiger charge is 2.21. The predicted octanol–water partition coefficient (Wildman–Crippen LogP) is 2.51. The Hall–Kier alpha value is -3.94. The number of nitrogens with one attached hydrogen (secondary N) is 2. The summed E-state index contributed by atoms with van der Waals surface area (Å²) in [6.07, 6.45) is 1.48. The highest BCUT2D eigenvalue weighted by molar-refractivity contribution is 5.95. The molecule has 0 bridgehead atoms. The molecule has 0 unspecified atom stereocenters. The van der Waals surface area contributed by atoms with Gasteiger partial charge in [0.15, 0.2) is 11.5 Å². The first-order valence-corrected chi connectivity index (χ1v) is 10.5. The summed E-state index contributed by atoms with van der Waals surface area (Å²) in [5.41, 5.74) is 2.86. The molecule has 0 saturated carbocycles. The lowest BCUT2D eigenvalue weighted by Gasteiger charge is -2.18. The third kappa shape index (κ3) is 5.21. The second-order valence-corrected chi connectivity index (χ2v) is 7.59. The number of likely N-dealkylation sites (tertiary alicyclic amines) is 1. The number of aromatic nitrogens is 1. The van der Waals surface area contributed by atoms with Crippen LogP contribution in [0.25, 0.3) is 11.3 Å². The second kappa shape index (κ2) is 9.91. The minimum absolute atomic E-state index is 0.109. The molecule has 3 aromatic rings. The van der Waals surface area contributed by atoms with Crippen LogP contribution in [-0.2, 0) is 22.7 Å². The Balaban J connectivity index is 1.27. The van der Waals surface area contributed by atoms with Gasteiger partial charge < -0.3 is 20.1 Å². The van der Waals surface area contributed by atoms with Gasteiger partial charge in [0, 0.05) is 37.7 Å². The molecule has 8 nitrogen and oxygen atoms in total. The number of rotatable bonds is 8. The predicted molar refractivity (Wildman–Crippen MR) is 117 cm³/mol. The maximum Gasteiger partial charge on any atom is 0.273 e. The smallest absolute Gasteiger partial charge is 0.273 e. The van der Waals surface area contributed by atoms with Crippen molar-refractivity contribution in [2.75, 3.05) is 13.1 Å². The van der Waals surface area contributed by atoms with E-state index >= 15 is 0 Å². The molecule has 1 fully saturated rings. The van der Waals surface area contributed by atoms with Crippen LogP contribution in [0.3, 0.4) is 0 Å². The maximum atomic E-state index is 12.3. The Morgan fingerprint density at radius 1 is 1.00 bits per heavy atom. The van der Waals surface area contributed by atoms with Crippen molar-refractivity contribution in [3.8, 4) is 11.3 Å². The van der Waals surface area contributed by atoms with E-state index in [2.05, 4.69) is 15.8 Å². The molecule has 164 valence electrons. The molecule has 0 atom stereocenters. The fourth-order valence-electron chi connectivity index (χ4n) is 3.59.